The zero-order valence-corrected chi connectivity index (χ0v) is 13.5. The summed E-state index contributed by atoms with van der Waals surface area (Å²) in [6.45, 7) is 5.21. The topological polar surface area (TPSA) is 55.1 Å². The molecule has 3 rings (SSSR count). The number of benzene rings is 1. The summed E-state index contributed by atoms with van der Waals surface area (Å²) in [5.41, 5.74) is 4.26. The molecule has 0 fully saturated rings. The van der Waals surface area contributed by atoms with Crippen molar-refractivity contribution in [2.24, 2.45) is 0 Å². The van der Waals surface area contributed by atoms with Crippen LogP contribution in [0, 0.1) is 0 Å². The molecule has 22 heavy (non-hydrogen) atoms. The van der Waals surface area contributed by atoms with E-state index >= 15 is 0 Å². The number of aryl methyl sites for hydroxylation is 1. The summed E-state index contributed by atoms with van der Waals surface area (Å²) >= 11 is 1.53. The van der Waals surface area contributed by atoms with Gasteiger partial charge < -0.3 is 9.67 Å². The van der Waals surface area contributed by atoms with E-state index in [1.165, 1.54) is 27.9 Å². The zero-order valence-electron chi connectivity index (χ0n) is 12.7. The van der Waals surface area contributed by atoms with Crippen molar-refractivity contribution < 1.29 is 9.90 Å². The first kappa shape index (κ1) is 14.8. The van der Waals surface area contributed by atoms with Gasteiger partial charge >= 0.3 is 5.97 Å². The summed E-state index contributed by atoms with van der Waals surface area (Å²) in [7, 11) is 0. The van der Waals surface area contributed by atoms with Crippen LogP contribution < -0.4 is 0 Å². The molecule has 0 bridgehead atoms. The van der Waals surface area contributed by atoms with E-state index in [0.717, 1.165) is 23.5 Å². The van der Waals surface area contributed by atoms with Gasteiger partial charge in [-0.25, -0.2) is 4.98 Å². The molecule has 2 aromatic heterocycles. The van der Waals surface area contributed by atoms with Crippen molar-refractivity contribution in [2.45, 2.75) is 33.2 Å². The highest BCUT2D eigenvalue weighted by Crippen LogP contribution is 2.37. The second-order valence-electron chi connectivity index (χ2n) is 5.15. The number of thiazole rings is 1. The van der Waals surface area contributed by atoms with Crippen LogP contribution in [0.25, 0.3) is 21.5 Å². The fraction of sp³-hybridized carbons (Fsp3) is 0.294. The Hall–Kier alpha value is -2.14. The monoisotopic (exact) mass is 314 g/mol. The fourth-order valence-electron chi connectivity index (χ4n) is 2.98. The molecule has 0 aliphatic carbocycles. The minimum atomic E-state index is -0.844. The summed E-state index contributed by atoms with van der Waals surface area (Å²) in [4.78, 5) is 15.4. The van der Waals surface area contributed by atoms with Crippen molar-refractivity contribution >= 4 is 28.2 Å². The number of aromatic nitrogens is 2. The van der Waals surface area contributed by atoms with Crippen molar-refractivity contribution in [3.05, 3.63) is 41.0 Å². The van der Waals surface area contributed by atoms with Crippen LogP contribution in [0.5, 0.6) is 0 Å². The third-order valence-electron chi connectivity index (χ3n) is 3.83. The highest BCUT2D eigenvalue weighted by atomic mass is 32.1. The third-order valence-corrected chi connectivity index (χ3v) is 4.74. The predicted molar refractivity (Wildman–Crippen MR) is 89.4 cm³/mol. The second kappa shape index (κ2) is 5.93. The smallest absolute Gasteiger partial charge is 0.309 e. The van der Waals surface area contributed by atoms with Crippen LogP contribution in [0.1, 0.15) is 25.2 Å². The maximum absolute atomic E-state index is 10.9. The van der Waals surface area contributed by atoms with Gasteiger partial charge in [0.15, 0.2) is 0 Å². The maximum Gasteiger partial charge on any atom is 0.309 e. The number of hydrogen-bond acceptors (Lipinski definition) is 3. The Morgan fingerprint density at radius 3 is 2.77 bits per heavy atom. The third kappa shape index (κ3) is 2.41. The summed E-state index contributed by atoms with van der Waals surface area (Å²) < 4.78 is 2.32. The average Bonchev–Trinajstić information content (AvgIpc) is 3.07. The maximum atomic E-state index is 10.9. The molecular formula is C17H18N2O2S. The van der Waals surface area contributed by atoms with Crippen molar-refractivity contribution in [1.29, 1.82) is 0 Å². The van der Waals surface area contributed by atoms with Crippen LogP contribution in [-0.2, 0) is 24.2 Å². The van der Waals surface area contributed by atoms with Crippen LogP contribution in [0.3, 0.4) is 0 Å². The van der Waals surface area contributed by atoms with Crippen molar-refractivity contribution in [1.82, 2.24) is 9.55 Å². The van der Waals surface area contributed by atoms with Crippen LogP contribution in [0.4, 0.5) is 0 Å². The van der Waals surface area contributed by atoms with E-state index in [2.05, 4.69) is 41.6 Å². The number of carboxylic acids is 1. The van der Waals surface area contributed by atoms with Crippen LogP contribution in [0.15, 0.2) is 29.6 Å². The molecule has 0 unspecified atom stereocenters. The van der Waals surface area contributed by atoms with Gasteiger partial charge in [-0.3, -0.25) is 4.79 Å². The minimum Gasteiger partial charge on any atom is -0.481 e. The van der Waals surface area contributed by atoms with E-state index in [-0.39, 0.29) is 6.42 Å². The Morgan fingerprint density at radius 1 is 1.32 bits per heavy atom. The normalized spacial score (nSPS) is 11.2. The molecule has 0 radical (unpaired) electrons. The lowest BCUT2D eigenvalue weighted by atomic mass is 10.1. The highest BCUT2D eigenvalue weighted by molar-refractivity contribution is 7.13. The number of carboxylic acid groups (broad SMARTS) is 1. The van der Waals surface area contributed by atoms with E-state index in [9.17, 15) is 4.79 Å². The number of fused-ring (bicyclic) bond motifs is 1. The molecule has 0 spiro atoms. The summed E-state index contributed by atoms with van der Waals surface area (Å²) in [6.07, 6.45) is 0.899. The summed E-state index contributed by atoms with van der Waals surface area (Å²) in [6, 6.07) is 8.34. The Bertz CT molecular complexity index is 832. The lowest BCUT2D eigenvalue weighted by Crippen LogP contribution is -2.01. The van der Waals surface area contributed by atoms with E-state index < -0.39 is 5.97 Å². The molecule has 0 aliphatic heterocycles. The van der Waals surface area contributed by atoms with Gasteiger partial charge in [0.2, 0.25) is 0 Å². The van der Waals surface area contributed by atoms with E-state index in [1.807, 2.05) is 11.4 Å². The van der Waals surface area contributed by atoms with Crippen LogP contribution in [-0.4, -0.2) is 20.6 Å². The average molecular weight is 314 g/mol. The number of carbonyl (C=O) groups is 1. The molecule has 1 aromatic carbocycles. The van der Waals surface area contributed by atoms with Crippen molar-refractivity contribution in [2.75, 3.05) is 0 Å². The molecule has 4 nitrogen and oxygen atoms in total. The zero-order chi connectivity index (χ0) is 15.7. The first-order valence-electron chi connectivity index (χ1n) is 7.42. The van der Waals surface area contributed by atoms with Crippen molar-refractivity contribution in [3.8, 4) is 10.6 Å². The van der Waals surface area contributed by atoms with Gasteiger partial charge in [-0.2, -0.15) is 0 Å². The standard InChI is InChI=1S/C17H18N2O2S/c1-3-13-16(17-18-11(10-22-17)9-15(20)21)12-7-5-6-8-14(12)19(13)4-2/h5-8,10H,3-4,9H2,1-2H3,(H,20,21). The van der Waals surface area contributed by atoms with E-state index in [0.29, 0.717) is 5.69 Å². The minimum absolute atomic E-state index is 0.0234. The van der Waals surface area contributed by atoms with E-state index in [4.69, 9.17) is 5.11 Å². The lowest BCUT2D eigenvalue weighted by molar-refractivity contribution is -0.136. The Kier molecular flexibility index (Phi) is 3.98. The van der Waals surface area contributed by atoms with Gasteiger partial charge in [0.05, 0.1) is 12.1 Å². The summed E-state index contributed by atoms with van der Waals surface area (Å²) in [5, 5.41) is 12.9. The largest absolute Gasteiger partial charge is 0.481 e. The SMILES string of the molecule is CCc1c(-c2nc(CC(=O)O)cs2)c2ccccc2n1CC. The molecule has 2 heterocycles. The number of rotatable bonds is 5. The molecular weight excluding hydrogens is 296 g/mol. The second-order valence-corrected chi connectivity index (χ2v) is 6.01. The van der Waals surface area contributed by atoms with Crippen LogP contribution in [0.2, 0.25) is 0 Å². The molecule has 0 aliphatic rings. The van der Waals surface area contributed by atoms with Gasteiger partial charge in [0, 0.05) is 34.1 Å². The van der Waals surface area contributed by atoms with Gasteiger partial charge in [-0.05, 0) is 19.4 Å². The van der Waals surface area contributed by atoms with Crippen LogP contribution >= 0.6 is 11.3 Å². The molecule has 0 saturated carbocycles. The van der Waals surface area contributed by atoms with Gasteiger partial charge in [-0.1, -0.05) is 25.1 Å². The number of hydrogen-bond donors (Lipinski definition) is 1. The van der Waals surface area contributed by atoms with Gasteiger partial charge in [-0.15, -0.1) is 11.3 Å². The summed E-state index contributed by atoms with van der Waals surface area (Å²) in [5.74, 6) is -0.844. The Labute approximate surface area is 133 Å². The lowest BCUT2D eigenvalue weighted by Gasteiger charge is -2.06. The first-order valence-corrected chi connectivity index (χ1v) is 8.30. The Morgan fingerprint density at radius 2 is 2.09 bits per heavy atom. The fourth-order valence-corrected chi connectivity index (χ4v) is 3.88. The van der Waals surface area contributed by atoms with Gasteiger partial charge in [0.25, 0.3) is 0 Å². The quantitative estimate of drug-likeness (QED) is 0.775. The van der Waals surface area contributed by atoms with Gasteiger partial charge in [0.1, 0.15) is 5.01 Å². The number of aliphatic carboxylic acids is 1. The molecule has 0 atom stereocenters. The highest BCUT2D eigenvalue weighted by Gasteiger charge is 2.19. The molecule has 0 amide bonds. The number of para-hydroxylation sites is 1. The molecule has 1 N–H and O–H groups in total. The molecule has 114 valence electrons. The predicted octanol–water partition coefficient (Wildman–Crippen LogP) is 3.97. The molecule has 5 heteroatoms. The number of nitrogens with zero attached hydrogens (tertiary/aromatic N) is 2. The molecule has 3 aromatic rings. The molecule has 0 saturated heterocycles. The van der Waals surface area contributed by atoms with E-state index in [1.54, 1.807) is 0 Å². The first-order chi connectivity index (χ1) is 10.7. The Balaban J connectivity index is 2.21. The van der Waals surface area contributed by atoms with Crippen molar-refractivity contribution in [3.63, 3.8) is 0 Å².